The van der Waals surface area contributed by atoms with Gasteiger partial charge in [-0.15, -0.1) is 0 Å². The molecule has 1 aromatic carbocycles. The molecule has 26 heavy (non-hydrogen) atoms. The van der Waals surface area contributed by atoms with Crippen molar-refractivity contribution in [2.24, 2.45) is 0 Å². The van der Waals surface area contributed by atoms with E-state index in [1.807, 2.05) is 0 Å². The summed E-state index contributed by atoms with van der Waals surface area (Å²) >= 11 is 0. The second-order valence-electron chi connectivity index (χ2n) is 6.57. The van der Waals surface area contributed by atoms with Gasteiger partial charge in [-0.1, -0.05) is 0 Å². The van der Waals surface area contributed by atoms with Gasteiger partial charge in [0, 0.05) is 25.2 Å². The number of hydrogen-bond donors (Lipinski definition) is 3. The molecule has 3 N–H and O–H groups in total. The van der Waals surface area contributed by atoms with Gasteiger partial charge in [0.15, 0.2) is 5.82 Å². The maximum absolute atomic E-state index is 12.3. The third-order valence-corrected chi connectivity index (χ3v) is 4.78. The Hall–Kier alpha value is -2.87. The molecule has 0 bridgehead atoms. The van der Waals surface area contributed by atoms with Crippen LogP contribution in [-0.4, -0.2) is 57.4 Å². The first-order valence-electron chi connectivity index (χ1n) is 8.72. The van der Waals surface area contributed by atoms with Crippen LogP contribution in [0.3, 0.4) is 0 Å². The molecular formula is C18H22N6O2. The molecule has 0 atom stereocenters. The van der Waals surface area contributed by atoms with Gasteiger partial charge in [-0.05, 0) is 37.1 Å². The SMILES string of the molecule is Cc1cc2nc(-c3[nH]ncc3CNC(=O)N3CCOCC3)[nH]c2cc1C. The van der Waals surface area contributed by atoms with Crippen molar-refractivity contribution < 1.29 is 9.53 Å². The number of amides is 2. The monoisotopic (exact) mass is 354 g/mol. The Morgan fingerprint density at radius 1 is 1.27 bits per heavy atom. The van der Waals surface area contributed by atoms with Crippen molar-refractivity contribution in [2.75, 3.05) is 26.3 Å². The average molecular weight is 354 g/mol. The number of urea groups is 1. The van der Waals surface area contributed by atoms with Gasteiger partial charge < -0.3 is 19.9 Å². The van der Waals surface area contributed by atoms with Crippen LogP contribution in [0.2, 0.25) is 0 Å². The standard InChI is InChI=1S/C18H22N6O2/c1-11-7-14-15(8-12(11)2)22-17(21-14)16-13(10-20-23-16)9-19-18(25)24-3-5-26-6-4-24/h7-8,10H,3-6,9H2,1-2H3,(H,19,25)(H,20,23)(H,21,22). The first kappa shape index (κ1) is 16.6. The molecule has 0 unspecified atom stereocenters. The maximum atomic E-state index is 12.3. The number of carbonyl (C=O) groups excluding carboxylic acids is 1. The highest BCUT2D eigenvalue weighted by Gasteiger charge is 2.18. The fourth-order valence-corrected chi connectivity index (χ4v) is 3.09. The summed E-state index contributed by atoms with van der Waals surface area (Å²) in [5.74, 6) is 0.720. The van der Waals surface area contributed by atoms with Crippen molar-refractivity contribution >= 4 is 17.1 Å². The molecule has 3 heterocycles. The molecule has 0 saturated carbocycles. The van der Waals surface area contributed by atoms with Crippen LogP contribution in [-0.2, 0) is 11.3 Å². The van der Waals surface area contributed by atoms with E-state index in [1.54, 1.807) is 11.1 Å². The normalized spacial score (nSPS) is 14.8. The zero-order chi connectivity index (χ0) is 18.1. The lowest BCUT2D eigenvalue weighted by molar-refractivity contribution is 0.0531. The van der Waals surface area contributed by atoms with Crippen molar-refractivity contribution in [2.45, 2.75) is 20.4 Å². The number of aromatic amines is 2. The van der Waals surface area contributed by atoms with Gasteiger partial charge in [0.05, 0.1) is 30.4 Å². The summed E-state index contributed by atoms with van der Waals surface area (Å²) < 4.78 is 5.27. The second-order valence-corrected chi connectivity index (χ2v) is 6.57. The van der Waals surface area contributed by atoms with Crippen LogP contribution >= 0.6 is 0 Å². The van der Waals surface area contributed by atoms with Gasteiger partial charge in [0.2, 0.25) is 0 Å². The fraction of sp³-hybridized carbons (Fsp3) is 0.389. The van der Waals surface area contributed by atoms with Crippen LogP contribution < -0.4 is 5.32 Å². The van der Waals surface area contributed by atoms with Crippen LogP contribution in [0.5, 0.6) is 0 Å². The van der Waals surface area contributed by atoms with Gasteiger partial charge in [0.1, 0.15) is 5.69 Å². The minimum absolute atomic E-state index is 0.0868. The number of fused-ring (bicyclic) bond motifs is 1. The summed E-state index contributed by atoms with van der Waals surface area (Å²) in [4.78, 5) is 22.0. The molecule has 1 fully saturated rings. The van der Waals surface area contributed by atoms with E-state index in [2.05, 4.69) is 51.5 Å². The summed E-state index contributed by atoms with van der Waals surface area (Å²) in [5, 5.41) is 10.1. The van der Waals surface area contributed by atoms with Crippen molar-refractivity contribution in [3.05, 3.63) is 35.0 Å². The van der Waals surface area contributed by atoms with E-state index < -0.39 is 0 Å². The minimum atomic E-state index is -0.0868. The summed E-state index contributed by atoms with van der Waals surface area (Å²) in [5.41, 5.74) is 6.01. The Labute approximate surface area is 150 Å². The highest BCUT2D eigenvalue weighted by Crippen LogP contribution is 2.24. The Balaban J connectivity index is 1.52. The lowest BCUT2D eigenvalue weighted by Gasteiger charge is -2.26. The van der Waals surface area contributed by atoms with Crippen LogP contribution in [0, 0.1) is 13.8 Å². The van der Waals surface area contributed by atoms with E-state index in [9.17, 15) is 4.79 Å². The molecule has 2 amide bonds. The Morgan fingerprint density at radius 3 is 2.85 bits per heavy atom. The molecular weight excluding hydrogens is 332 g/mol. The first-order chi connectivity index (χ1) is 12.6. The van der Waals surface area contributed by atoms with Crippen LogP contribution in [0.1, 0.15) is 16.7 Å². The number of carbonyl (C=O) groups is 1. The van der Waals surface area contributed by atoms with E-state index in [-0.39, 0.29) is 6.03 Å². The highest BCUT2D eigenvalue weighted by molar-refractivity contribution is 5.81. The number of nitrogens with zero attached hydrogens (tertiary/aromatic N) is 3. The fourth-order valence-electron chi connectivity index (χ4n) is 3.09. The van der Waals surface area contributed by atoms with Gasteiger partial charge in [-0.3, -0.25) is 5.10 Å². The number of morpholine rings is 1. The molecule has 1 aliphatic rings. The number of H-pyrrole nitrogens is 2. The number of ether oxygens (including phenoxy) is 1. The molecule has 0 spiro atoms. The van der Waals surface area contributed by atoms with Crippen molar-refractivity contribution in [3.63, 3.8) is 0 Å². The summed E-state index contributed by atoms with van der Waals surface area (Å²) in [7, 11) is 0. The predicted octanol–water partition coefficient (Wildman–Crippen LogP) is 2.11. The minimum Gasteiger partial charge on any atom is -0.378 e. The number of benzene rings is 1. The van der Waals surface area contributed by atoms with Crippen LogP contribution in [0.15, 0.2) is 18.3 Å². The van der Waals surface area contributed by atoms with E-state index in [4.69, 9.17) is 4.74 Å². The Morgan fingerprint density at radius 2 is 2.04 bits per heavy atom. The lowest BCUT2D eigenvalue weighted by atomic mass is 10.1. The molecule has 3 aromatic rings. The smallest absolute Gasteiger partial charge is 0.317 e. The van der Waals surface area contributed by atoms with Crippen LogP contribution in [0.4, 0.5) is 4.79 Å². The van der Waals surface area contributed by atoms with Crippen LogP contribution in [0.25, 0.3) is 22.6 Å². The van der Waals surface area contributed by atoms with E-state index in [1.165, 1.54) is 11.1 Å². The molecule has 0 radical (unpaired) electrons. The topological polar surface area (TPSA) is 98.9 Å². The summed E-state index contributed by atoms with van der Waals surface area (Å²) in [6.45, 7) is 6.95. The average Bonchev–Trinajstić information content (AvgIpc) is 3.27. The molecule has 8 nitrogen and oxygen atoms in total. The summed E-state index contributed by atoms with van der Waals surface area (Å²) in [6, 6.07) is 4.08. The molecule has 136 valence electrons. The Kier molecular flexibility index (Phi) is 4.34. The third kappa shape index (κ3) is 3.15. The third-order valence-electron chi connectivity index (χ3n) is 4.78. The molecule has 1 aliphatic heterocycles. The molecule has 2 aromatic heterocycles. The molecule has 0 aliphatic carbocycles. The Bertz CT molecular complexity index is 899. The van der Waals surface area contributed by atoms with Gasteiger partial charge in [-0.2, -0.15) is 5.10 Å². The first-order valence-corrected chi connectivity index (χ1v) is 8.72. The van der Waals surface area contributed by atoms with Crippen molar-refractivity contribution in [3.8, 4) is 11.5 Å². The van der Waals surface area contributed by atoms with Crippen molar-refractivity contribution in [1.29, 1.82) is 0 Å². The molecule has 4 rings (SSSR count). The summed E-state index contributed by atoms with van der Waals surface area (Å²) in [6.07, 6.45) is 1.72. The highest BCUT2D eigenvalue weighted by atomic mass is 16.5. The zero-order valence-corrected chi connectivity index (χ0v) is 14.9. The predicted molar refractivity (Wildman–Crippen MR) is 97.8 cm³/mol. The number of aromatic nitrogens is 4. The second kappa shape index (κ2) is 6.80. The number of aryl methyl sites for hydroxylation is 2. The largest absolute Gasteiger partial charge is 0.378 e. The van der Waals surface area contributed by atoms with E-state index in [0.717, 1.165) is 28.1 Å². The van der Waals surface area contributed by atoms with E-state index in [0.29, 0.717) is 32.8 Å². The van der Waals surface area contributed by atoms with Gasteiger partial charge >= 0.3 is 6.03 Å². The molecule has 1 saturated heterocycles. The maximum Gasteiger partial charge on any atom is 0.317 e. The quantitative estimate of drug-likeness (QED) is 0.671. The van der Waals surface area contributed by atoms with Gasteiger partial charge in [0.25, 0.3) is 0 Å². The lowest BCUT2D eigenvalue weighted by Crippen LogP contribution is -2.45. The zero-order valence-electron chi connectivity index (χ0n) is 14.9. The van der Waals surface area contributed by atoms with Gasteiger partial charge in [-0.25, -0.2) is 9.78 Å². The number of nitrogens with one attached hydrogen (secondary N) is 3. The number of hydrogen-bond acceptors (Lipinski definition) is 4. The van der Waals surface area contributed by atoms with E-state index >= 15 is 0 Å². The number of imidazole rings is 1. The number of rotatable bonds is 3. The van der Waals surface area contributed by atoms with Crippen molar-refractivity contribution in [1.82, 2.24) is 30.4 Å². The molecule has 8 heteroatoms.